The summed E-state index contributed by atoms with van der Waals surface area (Å²) in [7, 11) is 0. The van der Waals surface area contributed by atoms with Crippen molar-refractivity contribution >= 4 is 23.1 Å². The Labute approximate surface area is 134 Å². The second kappa shape index (κ2) is 5.59. The number of hydrogen-bond acceptors (Lipinski definition) is 5. The quantitative estimate of drug-likeness (QED) is 0.801. The van der Waals surface area contributed by atoms with Gasteiger partial charge in [0.1, 0.15) is 0 Å². The molecule has 116 valence electrons. The molecule has 3 aromatic rings. The van der Waals surface area contributed by atoms with Gasteiger partial charge in [-0.05, 0) is 25.0 Å². The lowest BCUT2D eigenvalue weighted by atomic mass is 9.99. The monoisotopic (exact) mass is 306 g/mol. The standard InChI is InChI=1S/C18H18N4O/c19-18(10-1-2-11-18)17-21-15(23-22-17)9-8-14-6-3-5-13-7-4-12-20-16(13)14/h3-9,12H,1-2,10-11,19H2/b9-8+. The van der Waals surface area contributed by atoms with Gasteiger partial charge in [0.25, 0.3) is 5.89 Å². The van der Waals surface area contributed by atoms with Crippen LogP contribution in [0.1, 0.15) is 43.0 Å². The number of benzene rings is 1. The lowest BCUT2D eigenvalue weighted by Crippen LogP contribution is -2.34. The minimum absolute atomic E-state index is 0.420. The Morgan fingerprint density at radius 1 is 1.09 bits per heavy atom. The molecule has 0 unspecified atom stereocenters. The summed E-state index contributed by atoms with van der Waals surface area (Å²) in [5, 5.41) is 5.17. The molecule has 0 amide bonds. The van der Waals surface area contributed by atoms with Crippen LogP contribution in [0, 0.1) is 0 Å². The van der Waals surface area contributed by atoms with Crippen molar-refractivity contribution in [3.8, 4) is 0 Å². The minimum atomic E-state index is -0.420. The molecule has 2 N–H and O–H groups in total. The van der Waals surface area contributed by atoms with E-state index >= 15 is 0 Å². The Kier molecular flexibility index (Phi) is 3.42. The van der Waals surface area contributed by atoms with Gasteiger partial charge in [-0.15, -0.1) is 0 Å². The average molecular weight is 306 g/mol. The van der Waals surface area contributed by atoms with Gasteiger partial charge >= 0.3 is 0 Å². The van der Waals surface area contributed by atoms with Crippen molar-refractivity contribution in [2.24, 2.45) is 5.73 Å². The molecule has 5 heteroatoms. The molecule has 23 heavy (non-hydrogen) atoms. The normalized spacial score (nSPS) is 17.3. The molecule has 1 aromatic carbocycles. The summed E-state index contributed by atoms with van der Waals surface area (Å²) in [6.45, 7) is 0. The van der Waals surface area contributed by atoms with E-state index in [0.29, 0.717) is 11.7 Å². The van der Waals surface area contributed by atoms with Crippen LogP contribution in [0.3, 0.4) is 0 Å². The number of rotatable bonds is 3. The van der Waals surface area contributed by atoms with Gasteiger partial charge in [0.05, 0.1) is 11.1 Å². The molecule has 0 bridgehead atoms. The van der Waals surface area contributed by atoms with Gasteiger partial charge in [0.2, 0.25) is 0 Å². The summed E-state index contributed by atoms with van der Waals surface area (Å²) in [5.41, 5.74) is 7.91. The van der Waals surface area contributed by atoms with Crippen molar-refractivity contribution in [3.63, 3.8) is 0 Å². The third-order valence-electron chi connectivity index (χ3n) is 4.45. The molecule has 0 radical (unpaired) electrons. The summed E-state index contributed by atoms with van der Waals surface area (Å²) in [6, 6.07) is 10.1. The molecule has 4 rings (SSSR count). The van der Waals surface area contributed by atoms with Gasteiger partial charge in [-0.2, -0.15) is 4.98 Å². The Bertz CT molecular complexity index is 857. The van der Waals surface area contributed by atoms with E-state index in [1.54, 1.807) is 6.20 Å². The van der Waals surface area contributed by atoms with Crippen molar-refractivity contribution in [2.75, 3.05) is 0 Å². The summed E-state index contributed by atoms with van der Waals surface area (Å²) < 4.78 is 5.33. The van der Waals surface area contributed by atoms with Gasteiger partial charge in [-0.25, -0.2) is 0 Å². The molecule has 2 aromatic heterocycles. The fraction of sp³-hybridized carbons (Fsp3) is 0.278. The molecule has 1 fully saturated rings. The van der Waals surface area contributed by atoms with Crippen LogP contribution in [0.15, 0.2) is 41.1 Å². The Morgan fingerprint density at radius 2 is 1.91 bits per heavy atom. The molecule has 0 saturated heterocycles. The predicted molar refractivity (Wildman–Crippen MR) is 89.3 cm³/mol. The van der Waals surface area contributed by atoms with Crippen LogP contribution >= 0.6 is 0 Å². The second-order valence-electron chi connectivity index (χ2n) is 6.08. The van der Waals surface area contributed by atoms with Crippen LogP contribution in [-0.4, -0.2) is 15.1 Å². The number of aromatic nitrogens is 3. The van der Waals surface area contributed by atoms with E-state index in [-0.39, 0.29) is 0 Å². The number of nitrogens with zero attached hydrogens (tertiary/aromatic N) is 3. The molecule has 1 aliphatic carbocycles. The fourth-order valence-electron chi connectivity index (χ4n) is 3.16. The highest BCUT2D eigenvalue weighted by Gasteiger charge is 2.35. The van der Waals surface area contributed by atoms with Gasteiger partial charge in [0, 0.05) is 23.2 Å². The van der Waals surface area contributed by atoms with Gasteiger partial charge < -0.3 is 10.3 Å². The zero-order valence-electron chi connectivity index (χ0n) is 12.8. The molecule has 0 spiro atoms. The maximum atomic E-state index is 6.36. The van der Waals surface area contributed by atoms with Crippen LogP contribution in [-0.2, 0) is 5.54 Å². The topological polar surface area (TPSA) is 77.8 Å². The minimum Gasteiger partial charge on any atom is -0.335 e. The molecule has 1 aliphatic rings. The first kappa shape index (κ1) is 14.1. The fourth-order valence-corrected chi connectivity index (χ4v) is 3.16. The van der Waals surface area contributed by atoms with Crippen LogP contribution < -0.4 is 5.73 Å². The molecule has 0 atom stereocenters. The van der Waals surface area contributed by atoms with E-state index in [1.807, 2.05) is 42.5 Å². The van der Waals surface area contributed by atoms with Gasteiger partial charge in [-0.3, -0.25) is 4.98 Å². The highest BCUT2D eigenvalue weighted by molar-refractivity contribution is 5.89. The van der Waals surface area contributed by atoms with E-state index in [4.69, 9.17) is 10.3 Å². The molecule has 2 heterocycles. The SMILES string of the molecule is NC1(c2noc(/C=C/c3cccc4cccnc34)n2)CCCC1. The van der Waals surface area contributed by atoms with E-state index in [9.17, 15) is 0 Å². The smallest absolute Gasteiger partial charge is 0.250 e. The molecular formula is C18H18N4O. The summed E-state index contributed by atoms with van der Waals surface area (Å²) in [6.07, 6.45) is 9.65. The number of para-hydroxylation sites is 1. The van der Waals surface area contributed by atoms with Crippen molar-refractivity contribution in [1.82, 2.24) is 15.1 Å². The maximum Gasteiger partial charge on any atom is 0.250 e. The average Bonchev–Trinajstić information content (AvgIpc) is 3.23. The highest BCUT2D eigenvalue weighted by atomic mass is 16.5. The van der Waals surface area contributed by atoms with Crippen LogP contribution in [0.4, 0.5) is 0 Å². The van der Waals surface area contributed by atoms with Gasteiger partial charge in [-0.1, -0.05) is 42.3 Å². The molecular weight excluding hydrogens is 288 g/mol. The van der Waals surface area contributed by atoms with Crippen molar-refractivity contribution in [1.29, 1.82) is 0 Å². The van der Waals surface area contributed by atoms with Crippen LogP contribution in [0.25, 0.3) is 23.1 Å². The molecule has 0 aliphatic heterocycles. The van der Waals surface area contributed by atoms with Crippen molar-refractivity contribution in [3.05, 3.63) is 53.8 Å². The number of hydrogen-bond donors (Lipinski definition) is 1. The first-order valence-corrected chi connectivity index (χ1v) is 7.90. The summed E-state index contributed by atoms with van der Waals surface area (Å²) in [4.78, 5) is 8.88. The number of fused-ring (bicyclic) bond motifs is 1. The Balaban J connectivity index is 1.62. The lowest BCUT2D eigenvalue weighted by Gasteiger charge is -2.17. The lowest BCUT2D eigenvalue weighted by molar-refractivity contribution is 0.364. The second-order valence-corrected chi connectivity index (χ2v) is 6.08. The Hall–Kier alpha value is -2.53. The number of pyridine rings is 1. The number of nitrogens with two attached hydrogens (primary N) is 1. The largest absolute Gasteiger partial charge is 0.335 e. The van der Waals surface area contributed by atoms with E-state index in [2.05, 4.69) is 15.1 Å². The van der Waals surface area contributed by atoms with Crippen LogP contribution in [0.2, 0.25) is 0 Å². The van der Waals surface area contributed by atoms with Crippen LogP contribution in [0.5, 0.6) is 0 Å². The van der Waals surface area contributed by atoms with E-state index < -0.39 is 5.54 Å². The molecule has 1 saturated carbocycles. The third-order valence-corrected chi connectivity index (χ3v) is 4.45. The zero-order chi connectivity index (χ0) is 15.7. The molecule has 5 nitrogen and oxygen atoms in total. The van der Waals surface area contributed by atoms with E-state index in [1.165, 1.54) is 0 Å². The van der Waals surface area contributed by atoms with Gasteiger partial charge in [0.15, 0.2) is 5.82 Å². The first-order chi connectivity index (χ1) is 11.2. The highest BCUT2D eigenvalue weighted by Crippen LogP contribution is 2.34. The van der Waals surface area contributed by atoms with Crippen molar-refractivity contribution in [2.45, 2.75) is 31.2 Å². The summed E-state index contributed by atoms with van der Waals surface area (Å²) in [5.74, 6) is 1.09. The predicted octanol–water partition coefficient (Wildman–Crippen LogP) is 3.52. The first-order valence-electron chi connectivity index (χ1n) is 7.90. The third kappa shape index (κ3) is 2.64. The van der Waals surface area contributed by atoms with E-state index in [0.717, 1.165) is 42.1 Å². The Morgan fingerprint density at radius 3 is 2.78 bits per heavy atom. The zero-order valence-corrected chi connectivity index (χ0v) is 12.8. The summed E-state index contributed by atoms with van der Waals surface area (Å²) >= 11 is 0. The van der Waals surface area contributed by atoms with Crippen molar-refractivity contribution < 1.29 is 4.52 Å². The maximum absolute atomic E-state index is 6.36.